The number of benzene rings is 4. The van der Waals surface area contributed by atoms with E-state index in [1.54, 1.807) is 36.7 Å². The van der Waals surface area contributed by atoms with E-state index in [-0.39, 0.29) is 43.6 Å². The van der Waals surface area contributed by atoms with Gasteiger partial charge in [0.25, 0.3) is 0 Å². The zero-order valence-electron chi connectivity index (χ0n) is 34.0. The highest BCUT2D eigenvalue weighted by Crippen LogP contribution is 2.21. The molecule has 0 aliphatic carbocycles. The third kappa shape index (κ3) is 11.8. The number of aromatic nitrogens is 2. The number of fused-ring (bicyclic) bond motifs is 2. The Morgan fingerprint density at radius 1 is 0.532 bits per heavy atom. The number of H-pyrrole nitrogens is 2. The van der Waals surface area contributed by atoms with Crippen molar-refractivity contribution in [1.82, 2.24) is 31.2 Å². The number of phenols is 2. The number of carbonyl (C=O) groups is 5. The number of aromatic amines is 2. The molecule has 13 N–H and O–H groups in total. The predicted molar refractivity (Wildman–Crippen MR) is 234 cm³/mol. The van der Waals surface area contributed by atoms with Gasteiger partial charge in [0.1, 0.15) is 35.7 Å². The molecule has 0 aliphatic rings. The molecule has 0 fully saturated rings. The number of carbonyl (C=O) groups excluding carboxylic acids is 4. The molecule has 6 rings (SSSR count). The predicted octanol–water partition coefficient (Wildman–Crippen LogP) is 2.81. The molecule has 0 radical (unpaired) electrons. The first-order valence-corrected chi connectivity index (χ1v) is 20.4. The van der Waals surface area contributed by atoms with Crippen LogP contribution < -0.4 is 32.7 Å². The Bertz CT molecular complexity index is 2480. The minimum absolute atomic E-state index is 0.00899. The zero-order valence-corrected chi connectivity index (χ0v) is 34.0. The van der Waals surface area contributed by atoms with E-state index in [0.29, 0.717) is 36.1 Å². The number of aliphatic carboxylic acids is 1. The summed E-state index contributed by atoms with van der Waals surface area (Å²) in [5.74, 6) is -4.12. The van der Waals surface area contributed by atoms with Gasteiger partial charge in [0, 0.05) is 53.5 Å². The molecule has 6 aromatic rings. The zero-order chi connectivity index (χ0) is 44.2. The van der Waals surface area contributed by atoms with Crippen molar-refractivity contribution < 1.29 is 39.3 Å². The monoisotopic (exact) mass is 844 g/mol. The van der Waals surface area contributed by atoms with Crippen molar-refractivity contribution in [3.8, 4) is 11.5 Å². The van der Waals surface area contributed by atoms with Crippen LogP contribution in [0.2, 0.25) is 0 Å². The smallest absolute Gasteiger partial charge is 0.326 e. The number of unbranched alkanes of at least 4 members (excludes halogenated alkanes) is 1. The lowest BCUT2D eigenvalue weighted by Crippen LogP contribution is -2.59. The van der Waals surface area contributed by atoms with E-state index in [0.717, 1.165) is 27.4 Å². The Kier molecular flexibility index (Phi) is 14.9. The number of carboxylic acid groups (broad SMARTS) is 1. The first kappa shape index (κ1) is 44.4. The third-order valence-corrected chi connectivity index (χ3v) is 10.8. The molecule has 0 saturated carbocycles. The Hall–Kier alpha value is -7.17. The summed E-state index contributed by atoms with van der Waals surface area (Å²) in [4.78, 5) is 75.0. The standard InChI is InChI=1S/C46H52N8O8/c47-20-6-5-11-38(51-44(59)39(21-27-12-16-31(55)17-13-27)52-42(57)35(48)23-29-25-49-36-9-3-1-7-33(29)36)43(58)53-40(22-28-14-18-32(56)19-15-28)45(60)54-41(46(61)62)24-30-26-50-37-10-4-2-8-34(30)37/h1-4,7-10,12-19,25-26,35,38-41,49-50,55-56H,5-6,11,20-24,47-48H2,(H,51,59)(H,52,57)(H,53,58)(H,54,60)(H,61,62)/t35-,38-,39-,40-,41-/m0/s1. The van der Waals surface area contributed by atoms with E-state index >= 15 is 0 Å². The number of nitrogens with two attached hydrogens (primary N) is 2. The van der Waals surface area contributed by atoms with E-state index in [1.165, 1.54) is 24.3 Å². The van der Waals surface area contributed by atoms with Crippen molar-refractivity contribution in [2.24, 2.45) is 11.5 Å². The van der Waals surface area contributed by atoms with Crippen molar-refractivity contribution >= 4 is 51.4 Å². The van der Waals surface area contributed by atoms with Crippen LogP contribution in [-0.4, -0.2) is 91.6 Å². The normalized spacial score (nSPS) is 13.7. The van der Waals surface area contributed by atoms with Gasteiger partial charge in [-0.2, -0.15) is 0 Å². The second kappa shape index (κ2) is 20.9. The molecule has 62 heavy (non-hydrogen) atoms. The summed E-state index contributed by atoms with van der Waals surface area (Å²) in [7, 11) is 0. The van der Waals surface area contributed by atoms with Crippen LogP contribution in [0.1, 0.15) is 41.5 Å². The Balaban J connectivity index is 1.21. The van der Waals surface area contributed by atoms with Gasteiger partial charge in [-0.15, -0.1) is 0 Å². The molecular weight excluding hydrogens is 793 g/mol. The first-order valence-electron chi connectivity index (χ1n) is 20.4. The Labute approximate surface area is 357 Å². The van der Waals surface area contributed by atoms with Gasteiger partial charge < -0.3 is 58.0 Å². The fourth-order valence-corrected chi connectivity index (χ4v) is 7.36. The first-order chi connectivity index (χ1) is 29.9. The molecule has 0 unspecified atom stereocenters. The quantitative estimate of drug-likeness (QED) is 0.0472. The summed E-state index contributed by atoms with van der Waals surface area (Å²) in [6, 6.07) is 20.9. The maximum Gasteiger partial charge on any atom is 0.326 e. The third-order valence-electron chi connectivity index (χ3n) is 10.8. The van der Waals surface area contributed by atoms with Crippen LogP contribution in [0.3, 0.4) is 0 Å². The topological polar surface area (TPSA) is 278 Å². The molecule has 4 amide bonds. The number of phenolic OH excluding ortho intramolecular Hbond substituents is 2. The number of hydrogen-bond acceptors (Lipinski definition) is 9. The van der Waals surface area contributed by atoms with Gasteiger partial charge in [0.2, 0.25) is 23.6 Å². The van der Waals surface area contributed by atoms with Gasteiger partial charge in [0.15, 0.2) is 0 Å². The van der Waals surface area contributed by atoms with Crippen LogP contribution in [0.25, 0.3) is 21.8 Å². The van der Waals surface area contributed by atoms with Gasteiger partial charge in [-0.3, -0.25) is 19.2 Å². The highest BCUT2D eigenvalue weighted by atomic mass is 16.4. The van der Waals surface area contributed by atoms with Crippen molar-refractivity contribution in [1.29, 1.82) is 0 Å². The molecule has 0 bridgehead atoms. The number of aromatic hydroxyl groups is 2. The molecule has 2 heterocycles. The Morgan fingerprint density at radius 3 is 1.47 bits per heavy atom. The minimum Gasteiger partial charge on any atom is -0.508 e. The molecule has 0 spiro atoms. The molecule has 16 heteroatoms. The van der Waals surface area contributed by atoms with Gasteiger partial charge in [-0.05, 0) is 90.9 Å². The largest absolute Gasteiger partial charge is 0.508 e. The second-order valence-corrected chi connectivity index (χ2v) is 15.3. The van der Waals surface area contributed by atoms with Crippen molar-refractivity contribution in [3.63, 3.8) is 0 Å². The fraction of sp³-hybridized carbons (Fsp3) is 0.283. The summed E-state index contributed by atoms with van der Waals surface area (Å²) in [5, 5.41) is 42.6. The SMILES string of the molecule is NCCCC[C@H](NC(=O)[C@H](Cc1ccc(O)cc1)NC(=O)[C@@H](N)Cc1c[nH]c2ccccc12)C(=O)N[C@@H](Cc1ccc(O)cc1)C(=O)N[C@@H](Cc1c[nH]c2ccccc12)C(=O)O. The molecule has 4 aromatic carbocycles. The van der Waals surface area contributed by atoms with Crippen LogP contribution in [0, 0.1) is 0 Å². The Morgan fingerprint density at radius 2 is 0.968 bits per heavy atom. The van der Waals surface area contributed by atoms with E-state index in [1.807, 2.05) is 48.5 Å². The van der Waals surface area contributed by atoms with Gasteiger partial charge in [0.05, 0.1) is 6.04 Å². The van der Waals surface area contributed by atoms with Crippen LogP contribution in [0.15, 0.2) is 109 Å². The average molecular weight is 845 g/mol. The van der Waals surface area contributed by atoms with Crippen LogP contribution >= 0.6 is 0 Å². The van der Waals surface area contributed by atoms with E-state index in [2.05, 4.69) is 31.2 Å². The molecule has 0 saturated heterocycles. The number of amides is 4. The summed E-state index contributed by atoms with van der Waals surface area (Å²) < 4.78 is 0. The van der Waals surface area contributed by atoms with Gasteiger partial charge >= 0.3 is 5.97 Å². The second-order valence-electron chi connectivity index (χ2n) is 15.3. The number of nitrogens with one attached hydrogen (secondary N) is 6. The van der Waals surface area contributed by atoms with Crippen molar-refractivity contribution in [2.45, 2.75) is 75.2 Å². The summed E-state index contributed by atoms with van der Waals surface area (Å²) in [5.41, 5.74) is 16.5. The number of rotatable bonds is 21. The van der Waals surface area contributed by atoms with Gasteiger partial charge in [-0.25, -0.2) is 4.79 Å². The molecule has 16 nitrogen and oxygen atoms in total. The van der Waals surface area contributed by atoms with Crippen LogP contribution in [-0.2, 0) is 49.7 Å². The summed E-state index contributed by atoms with van der Waals surface area (Å²) in [6.45, 7) is 0.315. The lowest BCUT2D eigenvalue weighted by Gasteiger charge is -2.27. The molecule has 0 aliphatic heterocycles. The molecule has 324 valence electrons. The highest BCUT2D eigenvalue weighted by molar-refractivity contribution is 5.96. The summed E-state index contributed by atoms with van der Waals surface area (Å²) >= 11 is 0. The van der Waals surface area contributed by atoms with E-state index in [9.17, 15) is 39.3 Å². The van der Waals surface area contributed by atoms with E-state index in [4.69, 9.17) is 11.5 Å². The molecule has 2 aromatic heterocycles. The average Bonchev–Trinajstić information content (AvgIpc) is 3.87. The maximum atomic E-state index is 14.3. The minimum atomic E-state index is -1.37. The van der Waals surface area contributed by atoms with Crippen molar-refractivity contribution in [3.05, 3.63) is 132 Å². The fourth-order valence-electron chi connectivity index (χ4n) is 7.36. The van der Waals surface area contributed by atoms with Gasteiger partial charge in [-0.1, -0.05) is 60.7 Å². The maximum absolute atomic E-state index is 14.3. The highest BCUT2D eigenvalue weighted by Gasteiger charge is 2.32. The number of hydrogen-bond donors (Lipinski definition) is 11. The van der Waals surface area contributed by atoms with E-state index < -0.39 is 59.8 Å². The lowest BCUT2D eigenvalue weighted by atomic mass is 10.0. The molecule has 5 atom stereocenters. The number of para-hydroxylation sites is 2. The summed E-state index contributed by atoms with van der Waals surface area (Å²) in [6.07, 6.45) is 4.52. The van der Waals surface area contributed by atoms with Crippen LogP contribution in [0.5, 0.6) is 11.5 Å². The van der Waals surface area contributed by atoms with Crippen LogP contribution in [0.4, 0.5) is 0 Å². The lowest BCUT2D eigenvalue weighted by molar-refractivity contribution is -0.142. The number of carboxylic acids is 1. The van der Waals surface area contributed by atoms with Crippen molar-refractivity contribution in [2.75, 3.05) is 6.54 Å². The molecular formula is C46H52N8O8.